The van der Waals surface area contributed by atoms with E-state index in [1.165, 1.54) is 21.8 Å². The molecule has 30 heavy (non-hydrogen) atoms. The van der Waals surface area contributed by atoms with E-state index in [0.29, 0.717) is 10.3 Å². The minimum Gasteiger partial charge on any atom is -0.500 e. The molecule has 6 nitrogen and oxygen atoms in total. The summed E-state index contributed by atoms with van der Waals surface area (Å²) in [6, 6.07) is 0. The van der Waals surface area contributed by atoms with Crippen LogP contribution in [0.15, 0.2) is 16.7 Å². The van der Waals surface area contributed by atoms with E-state index in [1.807, 2.05) is 30.1 Å². The number of aliphatic hydroxyl groups is 2. The summed E-state index contributed by atoms with van der Waals surface area (Å²) in [5, 5.41) is 26.5. The van der Waals surface area contributed by atoms with Gasteiger partial charge in [-0.05, 0) is 71.4 Å². The summed E-state index contributed by atoms with van der Waals surface area (Å²) in [6.07, 6.45) is 7.67. The molecule has 0 atom stereocenters. The van der Waals surface area contributed by atoms with Crippen molar-refractivity contribution >= 4 is 33.6 Å². The quantitative estimate of drug-likeness (QED) is 0.683. The van der Waals surface area contributed by atoms with Gasteiger partial charge in [0.05, 0.1) is 24.1 Å². The lowest BCUT2D eigenvalue weighted by molar-refractivity contribution is 0.0240. The third-order valence-electron chi connectivity index (χ3n) is 5.96. The van der Waals surface area contributed by atoms with Crippen molar-refractivity contribution in [3.05, 3.63) is 33.1 Å². The van der Waals surface area contributed by atoms with E-state index in [-0.39, 0.29) is 0 Å². The lowest BCUT2D eigenvalue weighted by Gasteiger charge is -2.33. The van der Waals surface area contributed by atoms with Crippen LogP contribution in [0.25, 0.3) is 10.5 Å². The predicted octanol–water partition coefficient (Wildman–Crippen LogP) is 4.79. The molecule has 2 aromatic heterocycles. The van der Waals surface area contributed by atoms with Gasteiger partial charge in [0, 0.05) is 16.6 Å². The molecular formula is C22H31N3O3S2. The first-order valence-electron chi connectivity index (χ1n) is 10.5. The van der Waals surface area contributed by atoms with Crippen molar-refractivity contribution in [2.45, 2.75) is 82.7 Å². The lowest BCUT2D eigenvalue weighted by Crippen LogP contribution is -2.31. The second-order valence-electron chi connectivity index (χ2n) is 9.18. The molecule has 0 unspecified atom stereocenters. The van der Waals surface area contributed by atoms with Crippen molar-refractivity contribution in [2.75, 3.05) is 7.11 Å². The fourth-order valence-electron chi connectivity index (χ4n) is 4.15. The Morgan fingerprint density at radius 3 is 2.63 bits per heavy atom. The second kappa shape index (κ2) is 7.97. The molecule has 0 saturated heterocycles. The maximum Gasteiger partial charge on any atom is 0.213 e. The van der Waals surface area contributed by atoms with Gasteiger partial charge in [0.15, 0.2) is 0 Å². The largest absolute Gasteiger partial charge is 0.500 e. The van der Waals surface area contributed by atoms with Crippen LogP contribution in [0.1, 0.15) is 75.7 Å². The van der Waals surface area contributed by atoms with E-state index in [2.05, 4.69) is 11.2 Å². The highest BCUT2D eigenvalue weighted by Gasteiger charge is 2.31. The summed E-state index contributed by atoms with van der Waals surface area (Å²) in [4.78, 5) is 6.69. The molecule has 0 aromatic carbocycles. The molecule has 2 N–H and O–H groups in total. The number of rotatable bonds is 5. The van der Waals surface area contributed by atoms with Crippen LogP contribution in [-0.4, -0.2) is 42.8 Å². The number of imidazole rings is 1. The van der Waals surface area contributed by atoms with Gasteiger partial charge in [0.25, 0.3) is 0 Å². The molecule has 1 saturated carbocycles. The van der Waals surface area contributed by atoms with E-state index >= 15 is 0 Å². The molecule has 2 aromatic rings. The molecule has 4 rings (SSSR count). The highest BCUT2D eigenvalue weighted by Crippen LogP contribution is 2.43. The molecule has 0 radical (unpaired) electrons. The van der Waals surface area contributed by atoms with Crippen molar-refractivity contribution in [1.82, 2.24) is 14.6 Å². The first kappa shape index (κ1) is 21.9. The fourth-order valence-corrected chi connectivity index (χ4v) is 6.45. The molecule has 2 heterocycles. The van der Waals surface area contributed by atoms with Gasteiger partial charge in [-0.25, -0.2) is 9.50 Å². The van der Waals surface area contributed by atoms with Crippen molar-refractivity contribution in [3.63, 3.8) is 0 Å². The number of ether oxygens (including phenoxy) is 1. The number of fused-ring (bicyclic) bond motifs is 1. The normalized spacial score (nSPS) is 25.7. The van der Waals surface area contributed by atoms with Crippen LogP contribution in [0.4, 0.5) is 0 Å². The number of aryl methyl sites for hydroxylation is 1. The first-order chi connectivity index (χ1) is 14.1. The van der Waals surface area contributed by atoms with E-state index in [4.69, 9.17) is 9.72 Å². The van der Waals surface area contributed by atoms with E-state index in [1.54, 1.807) is 21.0 Å². The Balaban J connectivity index is 1.65. The topological polar surface area (TPSA) is 79.9 Å². The first-order valence-corrected chi connectivity index (χ1v) is 12.2. The van der Waals surface area contributed by atoms with Crippen LogP contribution in [0.3, 0.4) is 0 Å². The van der Waals surface area contributed by atoms with Crippen molar-refractivity contribution < 1.29 is 14.9 Å². The highest BCUT2D eigenvalue weighted by molar-refractivity contribution is 8.03. The maximum absolute atomic E-state index is 10.4. The predicted molar refractivity (Wildman–Crippen MR) is 123 cm³/mol. The Morgan fingerprint density at radius 1 is 1.30 bits per heavy atom. The number of methoxy groups -OCH3 is 1. The molecule has 2 aliphatic rings. The zero-order chi connectivity index (χ0) is 21.7. The Kier molecular flexibility index (Phi) is 5.81. The number of thioether (sulfide) groups is 1. The maximum atomic E-state index is 10.4. The number of allylic oxidation sites excluding steroid dienone is 3. The third kappa shape index (κ3) is 4.33. The van der Waals surface area contributed by atoms with Gasteiger partial charge in [0.2, 0.25) is 4.96 Å². The zero-order valence-corrected chi connectivity index (χ0v) is 20.0. The molecule has 0 spiro atoms. The Labute approximate surface area is 186 Å². The molecule has 8 heteroatoms. The minimum absolute atomic E-state index is 0.494. The SMILES string of the molecule is COC1=C(S[C@H]2CC[C@@](C)(O)CC2)C=C(c2c(C)nc3sc(C(C)(C)O)nn23)CC1. The summed E-state index contributed by atoms with van der Waals surface area (Å²) in [7, 11) is 1.75. The second-order valence-corrected chi connectivity index (χ2v) is 11.5. The number of hydrogen-bond donors (Lipinski definition) is 2. The number of nitrogens with zero attached hydrogens (tertiary/aromatic N) is 3. The van der Waals surface area contributed by atoms with Gasteiger partial charge in [-0.15, -0.1) is 11.8 Å². The molecule has 0 bridgehead atoms. The molecule has 1 fully saturated rings. The van der Waals surface area contributed by atoms with Gasteiger partial charge >= 0.3 is 0 Å². The van der Waals surface area contributed by atoms with Crippen LogP contribution < -0.4 is 0 Å². The highest BCUT2D eigenvalue weighted by atomic mass is 32.2. The van der Waals surface area contributed by atoms with Crippen LogP contribution >= 0.6 is 23.1 Å². The summed E-state index contributed by atoms with van der Waals surface area (Å²) in [6.45, 7) is 7.46. The lowest BCUT2D eigenvalue weighted by atomic mass is 9.86. The van der Waals surface area contributed by atoms with Gasteiger partial charge in [-0.3, -0.25) is 0 Å². The third-order valence-corrected chi connectivity index (χ3v) is 8.58. The Bertz CT molecular complexity index is 1000. The zero-order valence-electron chi connectivity index (χ0n) is 18.4. The molecular weight excluding hydrogens is 418 g/mol. The van der Waals surface area contributed by atoms with E-state index in [9.17, 15) is 10.2 Å². The average Bonchev–Trinajstić information content (AvgIpc) is 3.20. The van der Waals surface area contributed by atoms with Crippen molar-refractivity contribution in [1.29, 1.82) is 0 Å². The monoisotopic (exact) mass is 449 g/mol. The van der Waals surface area contributed by atoms with Crippen LogP contribution in [0.5, 0.6) is 0 Å². The molecule has 164 valence electrons. The van der Waals surface area contributed by atoms with E-state index in [0.717, 1.165) is 60.6 Å². The summed E-state index contributed by atoms with van der Waals surface area (Å²) < 4.78 is 7.60. The standard InChI is InChI=1S/C22H31N3O3S2/c1-13-18(25-20(23-13)30-19(24-25)21(2,3)26)14-6-7-16(28-5)17(12-14)29-15-8-10-22(4,27)11-9-15/h12,15,26-27H,6-11H2,1-5H3/t15-,22+. The van der Waals surface area contributed by atoms with Crippen molar-refractivity contribution in [2.24, 2.45) is 0 Å². The Hall–Kier alpha value is -1.35. The van der Waals surface area contributed by atoms with Crippen molar-refractivity contribution in [3.8, 4) is 0 Å². The number of aromatic nitrogens is 3. The van der Waals surface area contributed by atoms with Crippen LogP contribution in [-0.2, 0) is 10.3 Å². The summed E-state index contributed by atoms with van der Waals surface area (Å²) in [5.41, 5.74) is 1.69. The van der Waals surface area contributed by atoms with Gasteiger partial charge < -0.3 is 14.9 Å². The number of hydrogen-bond acceptors (Lipinski definition) is 7. The minimum atomic E-state index is -0.982. The molecule has 0 aliphatic heterocycles. The smallest absolute Gasteiger partial charge is 0.213 e. The molecule has 0 amide bonds. The van der Waals surface area contributed by atoms with Crippen LogP contribution in [0.2, 0.25) is 0 Å². The van der Waals surface area contributed by atoms with Crippen LogP contribution in [0, 0.1) is 6.92 Å². The van der Waals surface area contributed by atoms with E-state index < -0.39 is 11.2 Å². The Morgan fingerprint density at radius 2 is 2.00 bits per heavy atom. The van der Waals surface area contributed by atoms with Gasteiger partial charge in [0.1, 0.15) is 16.4 Å². The van der Waals surface area contributed by atoms with Gasteiger partial charge in [-0.1, -0.05) is 11.3 Å². The van der Waals surface area contributed by atoms with Gasteiger partial charge in [-0.2, -0.15) is 5.10 Å². The fraction of sp³-hybridized carbons (Fsp3) is 0.636. The average molecular weight is 450 g/mol. The molecule has 2 aliphatic carbocycles. The summed E-state index contributed by atoms with van der Waals surface area (Å²) in [5.74, 6) is 1.04. The summed E-state index contributed by atoms with van der Waals surface area (Å²) >= 11 is 3.31.